The number of ether oxygens (including phenoxy) is 1. The number of hydrogen-bond donors (Lipinski definition) is 0. The summed E-state index contributed by atoms with van der Waals surface area (Å²) in [5.74, 6) is 0.488. The smallest absolute Gasteiger partial charge is 0.313 e. The van der Waals surface area contributed by atoms with Crippen LogP contribution in [0.4, 0.5) is 5.69 Å². The van der Waals surface area contributed by atoms with Crippen LogP contribution in [0.3, 0.4) is 0 Å². The number of rotatable bonds is 5. The Bertz CT molecular complexity index is 833. The fourth-order valence-corrected chi connectivity index (χ4v) is 3.13. The molecule has 0 bridgehead atoms. The zero-order valence-electron chi connectivity index (χ0n) is 14.9. The summed E-state index contributed by atoms with van der Waals surface area (Å²) in [5.41, 5.74) is 0.356. The lowest BCUT2D eigenvalue weighted by atomic mass is 10.1. The number of nitro benzene ring substituents is 1. The van der Waals surface area contributed by atoms with Crippen LogP contribution >= 0.6 is 11.6 Å². The van der Waals surface area contributed by atoms with Crippen molar-refractivity contribution < 1.29 is 14.5 Å². The summed E-state index contributed by atoms with van der Waals surface area (Å²) in [4.78, 5) is 27.3. The third-order valence-corrected chi connectivity index (χ3v) is 4.79. The second-order valence-corrected chi connectivity index (χ2v) is 6.66. The molecule has 0 atom stereocenters. The van der Waals surface area contributed by atoms with E-state index < -0.39 is 4.92 Å². The summed E-state index contributed by atoms with van der Waals surface area (Å²) in [6.45, 7) is 6.28. The molecule has 0 radical (unpaired) electrons. The highest BCUT2D eigenvalue weighted by molar-refractivity contribution is 6.30. The number of benzene rings is 2. The van der Waals surface area contributed by atoms with Crippen LogP contribution in [0.15, 0.2) is 42.5 Å². The molecule has 2 aromatic rings. The van der Waals surface area contributed by atoms with Crippen LogP contribution in [0.2, 0.25) is 5.02 Å². The lowest BCUT2D eigenvalue weighted by Crippen LogP contribution is -2.48. The molecule has 0 aromatic heterocycles. The number of nitro groups is 1. The number of carbonyl (C=O) groups is 1. The van der Waals surface area contributed by atoms with Gasteiger partial charge in [-0.2, -0.15) is 0 Å². The molecule has 0 saturated carbocycles. The molecule has 1 fully saturated rings. The van der Waals surface area contributed by atoms with E-state index in [4.69, 9.17) is 16.3 Å². The summed E-state index contributed by atoms with van der Waals surface area (Å²) < 4.78 is 5.60. The Balaban J connectivity index is 1.69. The summed E-state index contributed by atoms with van der Waals surface area (Å²) in [6, 6.07) is 10.8. The summed E-state index contributed by atoms with van der Waals surface area (Å²) >= 11 is 5.81. The molecule has 142 valence electrons. The second-order valence-electron chi connectivity index (χ2n) is 6.22. The molecular weight excluding hydrogens is 370 g/mol. The molecular formula is C19H20ClN3O4. The summed E-state index contributed by atoms with van der Waals surface area (Å²) in [5, 5.41) is 11.4. The average Bonchev–Trinajstić information content (AvgIpc) is 2.69. The van der Waals surface area contributed by atoms with Gasteiger partial charge in [0.1, 0.15) is 5.75 Å². The fraction of sp³-hybridized carbons (Fsp3) is 0.316. The molecule has 7 nitrogen and oxygen atoms in total. The molecule has 1 amide bonds. The maximum absolute atomic E-state index is 12.6. The van der Waals surface area contributed by atoms with Crippen molar-refractivity contribution in [3.8, 4) is 11.5 Å². The number of nitrogens with zero attached hydrogens (tertiary/aromatic N) is 3. The van der Waals surface area contributed by atoms with Crippen molar-refractivity contribution in [1.82, 2.24) is 9.80 Å². The molecule has 0 unspecified atom stereocenters. The van der Waals surface area contributed by atoms with Crippen LogP contribution in [-0.2, 0) is 0 Å². The minimum absolute atomic E-state index is 0.0187. The van der Waals surface area contributed by atoms with E-state index in [1.807, 2.05) is 4.90 Å². The normalized spacial score (nSPS) is 14.8. The molecule has 3 rings (SSSR count). The van der Waals surface area contributed by atoms with Gasteiger partial charge in [0, 0.05) is 42.8 Å². The zero-order valence-corrected chi connectivity index (χ0v) is 15.7. The van der Waals surface area contributed by atoms with Crippen LogP contribution in [0, 0.1) is 10.1 Å². The van der Waals surface area contributed by atoms with Gasteiger partial charge in [0.2, 0.25) is 5.75 Å². The van der Waals surface area contributed by atoms with Crippen LogP contribution in [0.25, 0.3) is 0 Å². The monoisotopic (exact) mass is 389 g/mol. The van der Waals surface area contributed by atoms with Crippen molar-refractivity contribution >= 4 is 23.2 Å². The Hall–Kier alpha value is -2.64. The van der Waals surface area contributed by atoms with Gasteiger partial charge in [0.25, 0.3) is 5.91 Å². The van der Waals surface area contributed by atoms with Crippen molar-refractivity contribution in [2.45, 2.75) is 6.92 Å². The molecule has 1 aliphatic rings. The molecule has 1 heterocycles. The Morgan fingerprint density at radius 1 is 1.15 bits per heavy atom. The van der Waals surface area contributed by atoms with Crippen LogP contribution < -0.4 is 4.74 Å². The first kappa shape index (κ1) is 19.1. The van der Waals surface area contributed by atoms with E-state index in [9.17, 15) is 14.9 Å². The van der Waals surface area contributed by atoms with E-state index in [0.29, 0.717) is 24.4 Å². The number of halogens is 1. The Labute approximate surface area is 162 Å². The molecule has 1 aliphatic heterocycles. The first-order valence-electron chi connectivity index (χ1n) is 8.71. The number of likely N-dealkylation sites (N-methyl/N-ethyl adjacent to an activating group) is 1. The minimum Gasteiger partial charge on any atom is -0.450 e. The third kappa shape index (κ3) is 4.56. The number of amides is 1. The van der Waals surface area contributed by atoms with Gasteiger partial charge < -0.3 is 14.5 Å². The van der Waals surface area contributed by atoms with Crippen LogP contribution in [0.5, 0.6) is 11.5 Å². The highest BCUT2D eigenvalue weighted by Crippen LogP contribution is 2.33. The predicted octanol–water partition coefficient (Wildman–Crippen LogP) is 3.82. The van der Waals surface area contributed by atoms with E-state index >= 15 is 0 Å². The molecule has 0 spiro atoms. The minimum atomic E-state index is -0.547. The van der Waals surface area contributed by atoms with Crippen molar-refractivity contribution in [2.24, 2.45) is 0 Å². The van der Waals surface area contributed by atoms with E-state index in [2.05, 4.69) is 11.8 Å². The highest BCUT2D eigenvalue weighted by atomic mass is 35.5. The number of hydrogen-bond acceptors (Lipinski definition) is 5. The number of piperazine rings is 1. The van der Waals surface area contributed by atoms with Crippen LogP contribution in [0.1, 0.15) is 17.3 Å². The van der Waals surface area contributed by atoms with E-state index in [-0.39, 0.29) is 22.4 Å². The van der Waals surface area contributed by atoms with E-state index in [1.54, 1.807) is 24.3 Å². The highest BCUT2D eigenvalue weighted by Gasteiger charge is 2.21. The van der Waals surface area contributed by atoms with Gasteiger partial charge >= 0.3 is 5.69 Å². The average molecular weight is 390 g/mol. The van der Waals surface area contributed by atoms with E-state index in [0.717, 1.165) is 19.6 Å². The maximum atomic E-state index is 12.6. The Kier molecular flexibility index (Phi) is 5.93. The first-order valence-corrected chi connectivity index (χ1v) is 9.09. The fourth-order valence-electron chi connectivity index (χ4n) is 2.96. The van der Waals surface area contributed by atoms with Crippen molar-refractivity contribution in [3.63, 3.8) is 0 Å². The SMILES string of the molecule is CCN1CCN(C(=O)c2ccc(Oc3ccc(Cl)cc3[N+](=O)[O-])cc2)CC1. The van der Waals surface area contributed by atoms with Gasteiger partial charge in [-0.3, -0.25) is 14.9 Å². The van der Waals surface area contributed by atoms with E-state index in [1.165, 1.54) is 18.2 Å². The predicted molar refractivity (Wildman–Crippen MR) is 103 cm³/mol. The lowest BCUT2D eigenvalue weighted by Gasteiger charge is -2.34. The van der Waals surface area contributed by atoms with Crippen molar-refractivity contribution in [3.05, 3.63) is 63.2 Å². The second kappa shape index (κ2) is 8.37. The molecule has 1 saturated heterocycles. The van der Waals surface area contributed by atoms with Gasteiger partial charge in [0.05, 0.1) is 4.92 Å². The Morgan fingerprint density at radius 2 is 1.81 bits per heavy atom. The molecule has 27 heavy (non-hydrogen) atoms. The standard InChI is InChI=1S/C19H20ClN3O4/c1-2-21-9-11-22(12-10-21)19(24)14-3-6-16(7-4-14)27-18-8-5-15(20)13-17(18)23(25)26/h3-8,13H,2,9-12H2,1H3. The van der Waals surface area contributed by atoms with Gasteiger partial charge in [-0.25, -0.2) is 0 Å². The molecule has 0 N–H and O–H groups in total. The topological polar surface area (TPSA) is 75.9 Å². The number of carbonyl (C=O) groups excluding carboxylic acids is 1. The molecule has 2 aromatic carbocycles. The van der Waals surface area contributed by atoms with Crippen molar-refractivity contribution in [1.29, 1.82) is 0 Å². The molecule has 0 aliphatic carbocycles. The first-order chi connectivity index (χ1) is 13.0. The van der Waals surface area contributed by atoms with Gasteiger partial charge in [0.15, 0.2) is 0 Å². The van der Waals surface area contributed by atoms with Crippen molar-refractivity contribution in [2.75, 3.05) is 32.7 Å². The summed E-state index contributed by atoms with van der Waals surface area (Å²) in [7, 11) is 0. The quantitative estimate of drug-likeness (QED) is 0.574. The van der Waals surface area contributed by atoms with Crippen LogP contribution in [-0.4, -0.2) is 53.4 Å². The zero-order chi connectivity index (χ0) is 19.4. The Morgan fingerprint density at radius 3 is 2.41 bits per heavy atom. The van der Waals surface area contributed by atoms with Gasteiger partial charge in [-0.15, -0.1) is 0 Å². The third-order valence-electron chi connectivity index (χ3n) is 4.55. The van der Waals surface area contributed by atoms with Gasteiger partial charge in [-0.1, -0.05) is 18.5 Å². The molecule has 8 heteroatoms. The summed E-state index contributed by atoms with van der Waals surface area (Å²) in [6.07, 6.45) is 0. The largest absolute Gasteiger partial charge is 0.450 e. The maximum Gasteiger partial charge on any atom is 0.313 e. The van der Waals surface area contributed by atoms with Gasteiger partial charge in [-0.05, 0) is 42.9 Å². The lowest BCUT2D eigenvalue weighted by molar-refractivity contribution is -0.385.